The highest BCUT2D eigenvalue weighted by Crippen LogP contribution is 2.27. The van der Waals surface area contributed by atoms with Crippen LogP contribution in [0, 0.1) is 12.5 Å². The minimum Gasteiger partial charge on any atom is -0.306 e. The lowest BCUT2D eigenvalue weighted by molar-refractivity contribution is 0.527. The molecule has 0 radical (unpaired) electrons. The van der Waals surface area contributed by atoms with Gasteiger partial charge in [0.15, 0.2) is 0 Å². The number of nitrogens with zero attached hydrogens (tertiary/aromatic N) is 1. The van der Waals surface area contributed by atoms with Crippen molar-refractivity contribution in [1.29, 1.82) is 0 Å². The summed E-state index contributed by atoms with van der Waals surface area (Å²) in [6.45, 7) is 11.0. The predicted molar refractivity (Wildman–Crippen MR) is 42.5 cm³/mol. The fourth-order valence-corrected chi connectivity index (χ4v) is 0.967. The summed E-state index contributed by atoms with van der Waals surface area (Å²) in [5, 5.41) is 0. The van der Waals surface area contributed by atoms with Crippen molar-refractivity contribution in [2.24, 2.45) is 5.92 Å². The van der Waals surface area contributed by atoms with Gasteiger partial charge in [-0.25, -0.2) is 6.57 Å². The second kappa shape index (κ2) is 2.30. The summed E-state index contributed by atoms with van der Waals surface area (Å²) >= 11 is 0. The molecular weight excluding hydrogens is 122 g/mol. The van der Waals surface area contributed by atoms with Gasteiger partial charge in [0.1, 0.15) is 0 Å². The zero-order valence-corrected chi connectivity index (χ0v) is 6.33. The molecule has 10 heavy (non-hydrogen) atoms. The maximum atomic E-state index is 6.96. The second-order valence-corrected chi connectivity index (χ2v) is 2.87. The Hall–Kier alpha value is -1.03. The molecule has 0 bridgehead atoms. The average Bonchev–Trinajstić information content (AvgIpc) is 1.96. The van der Waals surface area contributed by atoms with E-state index in [0.29, 0.717) is 5.92 Å². The Morgan fingerprint density at radius 2 is 2.20 bits per heavy atom. The van der Waals surface area contributed by atoms with Gasteiger partial charge in [0, 0.05) is 13.0 Å². The molecule has 0 fully saturated rings. The number of rotatable bonds is 0. The molecule has 0 saturated carbocycles. The van der Waals surface area contributed by atoms with E-state index in [-0.39, 0.29) is 5.54 Å². The van der Waals surface area contributed by atoms with E-state index in [1.807, 2.05) is 25.2 Å². The minimum absolute atomic E-state index is 0.297. The molecule has 0 heterocycles. The Balaban J connectivity index is 2.91. The summed E-state index contributed by atoms with van der Waals surface area (Å²) in [5.74, 6) is 0.343. The van der Waals surface area contributed by atoms with E-state index in [1.165, 1.54) is 0 Å². The van der Waals surface area contributed by atoms with E-state index < -0.39 is 0 Å². The van der Waals surface area contributed by atoms with Crippen molar-refractivity contribution in [1.82, 2.24) is 0 Å². The van der Waals surface area contributed by atoms with Crippen molar-refractivity contribution in [3.63, 3.8) is 0 Å². The van der Waals surface area contributed by atoms with Crippen LogP contribution in [0.3, 0.4) is 0 Å². The second-order valence-electron chi connectivity index (χ2n) is 2.87. The molecule has 2 unspecified atom stereocenters. The molecule has 0 N–H and O–H groups in total. The summed E-state index contributed by atoms with van der Waals surface area (Å²) in [5.41, 5.74) is -0.297. The van der Waals surface area contributed by atoms with Gasteiger partial charge in [-0.05, 0) is 0 Å². The first kappa shape index (κ1) is 7.08. The fourth-order valence-electron chi connectivity index (χ4n) is 0.967. The van der Waals surface area contributed by atoms with Gasteiger partial charge >= 0.3 is 0 Å². The van der Waals surface area contributed by atoms with Crippen molar-refractivity contribution in [3.05, 3.63) is 35.7 Å². The minimum atomic E-state index is -0.297. The van der Waals surface area contributed by atoms with Gasteiger partial charge < -0.3 is 4.85 Å². The van der Waals surface area contributed by atoms with Crippen molar-refractivity contribution < 1.29 is 0 Å². The topological polar surface area (TPSA) is 4.36 Å². The van der Waals surface area contributed by atoms with Crippen molar-refractivity contribution in [2.45, 2.75) is 19.4 Å². The highest BCUT2D eigenvalue weighted by atomic mass is 14.8. The molecule has 1 nitrogen and oxygen atoms in total. The SMILES string of the molecule is [C-]#[N+]C1(C)C=CC=CC1C. The van der Waals surface area contributed by atoms with Gasteiger partial charge in [-0.2, -0.15) is 0 Å². The van der Waals surface area contributed by atoms with Crippen LogP contribution < -0.4 is 0 Å². The third kappa shape index (κ3) is 0.974. The highest BCUT2D eigenvalue weighted by Gasteiger charge is 2.33. The lowest BCUT2D eigenvalue weighted by Crippen LogP contribution is -2.26. The lowest BCUT2D eigenvalue weighted by atomic mass is 9.84. The molecule has 1 aliphatic carbocycles. The predicted octanol–water partition coefficient (Wildman–Crippen LogP) is 2.43. The Kier molecular flexibility index (Phi) is 1.63. The van der Waals surface area contributed by atoms with E-state index in [1.54, 1.807) is 0 Å². The van der Waals surface area contributed by atoms with Crippen LogP contribution in [0.15, 0.2) is 24.3 Å². The average molecular weight is 133 g/mol. The highest BCUT2D eigenvalue weighted by molar-refractivity contribution is 5.26. The number of hydrogen-bond donors (Lipinski definition) is 0. The van der Waals surface area contributed by atoms with E-state index in [4.69, 9.17) is 6.57 Å². The molecule has 1 heteroatoms. The summed E-state index contributed by atoms with van der Waals surface area (Å²) in [6.07, 6.45) is 7.97. The maximum Gasteiger partial charge on any atom is 0.254 e. The summed E-state index contributed by atoms with van der Waals surface area (Å²) in [4.78, 5) is 3.57. The quantitative estimate of drug-likeness (QED) is 0.447. The van der Waals surface area contributed by atoms with Crippen LogP contribution >= 0.6 is 0 Å². The van der Waals surface area contributed by atoms with Crippen LogP contribution in [0.25, 0.3) is 4.85 Å². The van der Waals surface area contributed by atoms with Gasteiger partial charge in [-0.3, -0.25) is 0 Å². The third-order valence-electron chi connectivity index (χ3n) is 2.11. The summed E-state index contributed by atoms with van der Waals surface area (Å²) < 4.78 is 0. The molecule has 2 atom stereocenters. The van der Waals surface area contributed by atoms with Gasteiger partial charge in [0.2, 0.25) is 0 Å². The van der Waals surface area contributed by atoms with E-state index in [9.17, 15) is 0 Å². The van der Waals surface area contributed by atoms with Crippen molar-refractivity contribution >= 4 is 0 Å². The Morgan fingerprint density at radius 1 is 1.50 bits per heavy atom. The van der Waals surface area contributed by atoms with Gasteiger partial charge in [0.05, 0.1) is 5.92 Å². The smallest absolute Gasteiger partial charge is 0.254 e. The third-order valence-corrected chi connectivity index (χ3v) is 2.11. The van der Waals surface area contributed by atoms with Gasteiger partial charge in [0.25, 0.3) is 5.54 Å². The largest absolute Gasteiger partial charge is 0.306 e. The molecule has 1 aliphatic rings. The van der Waals surface area contributed by atoms with E-state index in [0.717, 1.165) is 0 Å². The van der Waals surface area contributed by atoms with Gasteiger partial charge in [-0.1, -0.05) is 25.2 Å². The first-order chi connectivity index (χ1) is 4.69. The van der Waals surface area contributed by atoms with Gasteiger partial charge in [-0.15, -0.1) is 0 Å². The van der Waals surface area contributed by atoms with Crippen LogP contribution in [0.2, 0.25) is 0 Å². The summed E-state index contributed by atoms with van der Waals surface area (Å²) in [6, 6.07) is 0. The lowest BCUT2D eigenvalue weighted by Gasteiger charge is -2.19. The fraction of sp³-hybridized carbons (Fsp3) is 0.444. The molecule has 0 spiro atoms. The number of hydrogen-bond acceptors (Lipinski definition) is 0. The molecule has 0 aromatic carbocycles. The monoisotopic (exact) mass is 133 g/mol. The maximum absolute atomic E-state index is 6.96. The van der Waals surface area contributed by atoms with Crippen molar-refractivity contribution in [3.8, 4) is 0 Å². The molecular formula is C9H11N. The van der Waals surface area contributed by atoms with E-state index >= 15 is 0 Å². The first-order valence-corrected chi connectivity index (χ1v) is 3.44. The molecule has 52 valence electrons. The van der Waals surface area contributed by atoms with Crippen LogP contribution in [0.4, 0.5) is 0 Å². The first-order valence-electron chi connectivity index (χ1n) is 3.44. The van der Waals surface area contributed by atoms with Crippen LogP contribution in [0.1, 0.15) is 13.8 Å². The molecule has 0 amide bonds. The number of allylic oxidation sites excluding steroid dienone is 2. The summed E-state index contributed by atoms with van der Waals surface area (Å²) in [7, 11) is 0. The molecule has 1 rings (SSSR count). The standard InChI is InChI=1S/C9H11N/c1-8-6-4-5-7-9(8,2)10-3/h4-8H,1-2H3. The zero-order valence-electron chi connectivity index (χ0n) is 6.33. The molecule has 0 aliphatic heterocycles. The Bertz CT molecular complexity index is 219. The zero-order chi connectivity index (χ0) is 7.61. The van der Waals surface area contributed by atoms with Crippen LogP contribution in [-0.2, 0) is 0 Å². The molecule has 0 aromatic heterocycles. The van der Waals surface area contributed by atoms with Crippen molar-refractivity contribution in [2.75, 3.05) is 0 Å². The molecule has 0 saturated heterocycles. The van der Waals surface area contributed by atoms with Crippen LogP contribution in [-0.4, -0.2) is 5.54 Å². The van der Waals surface area contributed by atoms with E-state index in [2.05, 4.69) is 17.8 Å². The normalized spacial score (nSPS) is 37.5. The van der Waals surface area contributed by atoms with Crippen LogP contribution in [0.5, 0.6) is 0 Å². The Morgan fingerprint density at radius 3 is 2.60 bits per heavy atom. The molecule has 0 aromatic rings. The Labute approximate surface area is 61.9 Å².